The number of nitrogens with zero attached hydrogens (tertiary/aromatic N) is 3. The third kappa shape index (κ3) is 6.17. The first kappa shape index (κ1) is 21.6. The number of hydrogen-bond donors (Lipinski definition) is 2. The molecule has 1 saturated heterocycles. The summed E-state index contributed by atoms with van der Waals surface area (Å²) in [4.78, 5) is 29.1. The lowest BCUT2D eigenvalue weighted by Gasteiger charge is -2.02. The molecule has 11 heteroatoms. The standard InChI is InChI=1S/C20H14ClN5O2S3/c21-13-8-6-12(7-9-13)10-15-17(28)23-18(30-15)24-19-25-26-20(31-19)29-11-16(27)22-14-4-2-1-3-5-14/h1-10H,11H2,(H,22,27)(H,23,24,25,28)/b15-10-. The number of amidine groups is 1. The van der Waals surface area contributed by atoms with E-state index in [-0.39, 0.29) is 17.6 Å². The zero-order valence-electron chi connectivity index (χ0n) is 15.7. The summed E-state index contributed by atoms with van der Waals surface area (Å²) < 4.78 is 0.619. The summed E-state index contributed by atoms with van der Waals surface area (Å²) in [6.07, 6.45) is 1.77. The molecule has 0 radical (unpaired) electrons. The number of para-hydroxylation sites is 1. The summed E-state index contributed by atoms with van der Waals surface area (Å²) >= 11 is 9.64. The van der Waals surface area contributed by atoms with Gasteiger partial charge in [-0.2, -0.15) is 4.99 Å². The van der Waals surface area contributed by atoms with E-state index in [9.17, 15) is 9.59 Å². The number of anilines is 1. The van der Waals surface area contributed by atoms with Crippen LogP contribution in [0.1, 0.15) is 5.56 Å². The molecule has 7 nitrogen and oxygen atoms in total. The van der Waals surface area contributed by atoms with Crippen LogP contribution in [-0.2, 0) is 9.59 Å². The van der Waals surface area contributed by atoms with Crippen LogP contribution in [-0.4, -0.2) is 32.9 Å². The highest BCUT2D eigenvalue weighted by molar-refractivity contribution is 8.18. The molecule has 1 fully saturated rings. The van der Waals surface area contributed by atoms with Crippen LogP contribution in [0.4, 0.5) is 10.8 Å². The Balaban J connectivity index is 1.34. The first-order valence-corrected chi connectivity index (χ1v) is 11.9. The number of carbonyl (C=O) groups excluding carboxylic acids is 2. The number of hydrogen-bond acceptors (Lipinski definition) is 8. The number of benzene rings is 2. The van der Waals surface area contributed by atoms with Gasteiger partial charge in [0, 0.05) is 10.7 Å². The first-order valence-electron chi connectivity index (χ1n) is 8.91. The van der Waals surface area contributed by atoms with Crippen LogP contribution in [0.15, 0.2) is 68.8 Å². The minimum Gasteiger partial charge on any atom is -0.325 e. The van der Waals surface area contributed by atoms with E-state index in [0.717, 1.165) is 11.3 Å². The van der Waals surface area contributed by atoms with Crippen LogP contribution < -0.4 is 10.6 Å². The average molecular weight is 488 g/mol. The Kier molecular flexibility index (Phi) is 7.03. The smallest absolute Gasteiger partial charge is 0.264 e. The van der Waals surface area contributed by atoms with Gasteiger partial charge in [-0.1, -0.05) is 65.0 Å². The van der Waals surface area contributed by atoms with Crippen LogP contribution in [0.3, 0.4) is 0 Å². The minimum absolute atomic E-state index is 0.130. The number of nitrogens with one attached hydrogen (secondary N) is 2. The molecular weight excluding hydrogens is 474 g/mol. The number of halogens is 1. The summed E-state index contributed by atoms with van der Waals surface area (Å²) in [5.41, 5.74) is 1.61. The zero-order chi connectivity index (χ0) is 21.6. The van der Waals surface area contributed by atoms with Gasteiger partial charge in [0.15, 0.2) is 9.51 Å². The maximum atomic E-state index is 12.2. The molecule has 4 rings (SSSR count). The Bertz CT molecular complexity index is 1160. The Morgan fingerprint density at radius 2 is 1.94 bits per heavy atom. The molecule has 0 saturated carbocycles. The maximum absolute atomic E-state index is 12.2. The molecule has 0 spiro atoms. The van der Waals surface area contributed by atoms with Crippen molar-refractivity contribution >= 4 is 80.3 Å². The second kappa shape index (κ2) is 10.1. The van der Waals surface area contributed by atoms with E-state index in [1.807, 2.05) is 42.5 Å². The summed E-state index contributed by atoms with van der Waals surface area (Å²) in [6, 6.07) is 16.4. The van der Waals surface area contributed by atoms with Gasteiger partial charge in [-0.15, -0.1) is 10.2 Å². The molecule has 2 aromatic carbocycles. The van der Waals surface area contributed by atoms with Crippen molar-refractivity contribution in [3.05, 3.63) is 70.1 Å². The normalized spacial score (nSPS) is 16.0. The van der Waals surface area contributed by atoms with E-state index in [0.29, 0.717) is 24.6 Å². The van der Waals surface area contributed by atoms with Gasteiger partial charge >= 0.3 is 0 Å². The molecule has 2 N–H and O–H groups in total. The topological polar surface area (TPSA) is 96.3 Å². The van der Waals surface area contributed by atoms with Gasteiger partial charge in [0.25, 0.3) is 5.91 Å². The van der Waals surface area contributed by atoms with E-state index in [4.69, 9.17) is 11.6 Å². The number of rotatable bonds is 6. The fourth-order valence-corrected chi connectivity index (χ4v) is 4.95. The second-order valence-electron chi connectivity index (χ2n) is 6.09. The van der Waals surface area contributed by atoms with Gasteiger partial charge in [-0.05, 0) is 47.7 Å². The van der Waals surface area contributed by atoms with Crippen molar-refractivity contribution in [3.8, 4) is 0 Å². The SMILES string of the molecule is O=C(CSc1nnc(/N=C2\NC(=O)/C(=C/c3ccc(Cl)cc3)S2)s1)Nc1ccccc1. The van der Waals surface area contributed by atoms with Gasteiger partial charge in [0.2, 0.25) is 11.0 Å². The highest BCUT2D eigenvalue weighted by Crippen LogP contribution is 2.31. The van der Waals surface area contributed by atoms with Crippen LogP contribution >= 0.6 is 46.5 Å². The van der Waals surface area contributed by atoms with Gasteiger partial charge in [-0.25, -0.2) is 0 Å². The van der Waals surface area contributed by atoms with Crippen molar-refractivity contribution in [3.63, 3.8) is 0 Å². The third-order valence-electron chi connectivity index (χ3n) is 3.80. The minimum atomic E-state index is -0.226. The highest BCUT2D eigenvalue weighted by atomic mass is 35.5. The number of amides is 2. The fourth-order valence-electron chi connectivity index (χ4n) is 2.43. The van der Waals surface area contributed by atoms with E-state index >= 15 is 0 Å². The summed E-state index contributed by atoms with van der Waals surface area (Å²) in [5, 5.41) is 15.1. The monoisotopic (exact) mass is 487 g/mol. The lowest BCUT2D eigenvalue weighted by atomic mass is 10.2. The summed E-state index contributed by atoms with van der Waals surface area (Å²) in [5.74, 6) is -0.148. The Labute approximate surface area is 195 Å². The maximum Gasteiger partial charge on any atom is 0.264 e. The van der Waals surface area contributed by atoms with E-state index < -0.39 is 0 Å². The van der Waals surface area contributed by atoms with Crippen LogP contribution in [0.2, 0.25) is 5.02 Å². The predicted molar refractivity (Wildman–Crippen MR) is 128 cm³/mol. The molecule has 1 aliphatic rings. The molecular formula is C20H14ClN5O2S3. The van der Waals surface area contributed by atoms with Gasteiger partial charge in [0.1, 0.15) is 0 Å². The van der Waals surface area contributed by atoms with Crippen molar-refractivity contribution in [1.29, 1.82) is 0 Å². The Hall–Kier alpha value is -2.66. The molecule has 1 aromatic heterocycles. The van der Waals surface area contributed by atoms with Gasteiger partial charge < -0.3 is 10.6 Å². The summed E-state index contributed by atoms with van der Waals surface area (Å²) in [7, 11) is 0. The van der Waals surface area contributed by atoms with E-state index in [2.05, 4.69) is 25.8 Å². The average Bonchev–Trinajstić information content (AvgIpc) is 3.35. The quantitative estimate of drug-likeness (QED) is 0.382. The van der Waals surface area contributed by atoms with Crippen molar-refractivity contribution in [2.75, 3.05) is 11.1 Å². The molecule has 0 atom stereocenters. The van der Waals surface area contributed by atoms with Crippen LogP contribution in [0.25, 0.3) is 6.08 Å². The predicted octanol–water partition coefficient (Wildman–Crippen LogP) is 4.81. The number of aliphatic imine (C=N–C) groups is 1. The number of thioether (sulfide) groups is 2. The van der Waals surface area contributed by atoms with Crippen molar-refractivity contribution < 1.29 is 9.59 Å². The molecule has 2 amide bonds. The van der Waals surface area contributed by atoms with Gasteiger partial charge in [0.05, 0.1) is 10.7 Å². The summed E-state index contributed by atoms with van der Waals surface area (Å²) in [6.45, 7) is 0. The van der Waals surface area contributed by atoms with Crippen LogP contribution in [0, 0.1) is 0 Å². The molecule has 0 aliphatic carbocycles. The lowest BCUT2D eigenvalue weighted by molar-refractivity contribution is -0.115. The largest absolute Gasteiger partial charge is 0.325 e. The molecule has 0 bridgehead atoms. The number of aromatic nitrogens is 2. The Morgan fingerprint density at radius 1 is 1.16 bits per heavy atom. The van der Waals surface area contributed by atoms with Gasteiger partial charge in [-0.3, -0.25) is 9.59 Å². The molecule has 1 aliphatic heterocycles. The molecule has 156 valence electrons. The van der Waals surface area contributed by atoms with Crippen LogP contribution in [0.5, 0.6) is 0 Å². The van der Waals surface area contributed by atoms with Crippen molar-refractivity contribution in [2.24, 2.45) is 4.99 Å². The van der Waals surface area contributed by atoms with Crippen molar-refractivity contribution in [1.82, 2.24) is 15.5 Å². The third-order valence-corrected chi connectivity index (χ3v) is 6.91. The Morgan fingerprint density at radius 3 is 2.71 bits per heavy atom. The second-order valence-corrected chi connectivity index (χ2v) is 9.73. The van der Waals surface area contributed by atoms with Crippen molar-refractivity contribution in [2.45, 2.75) is 4.34 Å². The molecule has 0 unspecified atom stereocenters. The molecule has 3 aromatic rings. The fraction of sp³-hybridized carbons (Fsp3) is 0.0500. The number of carbonyl (C=O) groups is 2. The molecule has 2 heterocycles. The lowest BCUT2D eigenvalue weighted by Crippen LogP contribution is -2.19. The molecule has 31 heavy (non-hydrogen) atoms. The highest BCUT2D eigenvalue weighted by Gasteiger charge is 2.24. The zero-order valence-corrected chi connectivity index (χ0v) is 18.9. The van der Waals surface area contributed by atoms with E-state index in [1.54, 1.807) is 18.2 Å². The first-order chi connectivity index (χ1) is 15.0. The van der Waals surface area contributed by atoms with E-state index in [1.165, 1.54) is 34.9 Å².